The lowest BCUT2D eigenvalue weighted by atomic mass is 9.81. The molecule has 37 atom stereocenters. The molecular weight excluding hydrogens is 1440 g/mol. The molecule has 0 radical (unpaired) electrons. The molecule has 103 heavy (non-hydrogen) atoms. The van der Waals surface area contributed by atoms with Crippen LogP contribution in [0.1, 0.15) is 32.6 Å². The summed E-state index contributed by atoms with van der Waals surface area (Å²) in [6.45, 7) is -3.68. The fraction of sp³-hybridized carbons (Fsp3) is 0.933. The van der Waals surface area contributed by atoms with Crippen LogP contribution in [0.2, 0.25) is 0 Å². The molecule has 14 unspecified atom stereocenters. The van der Waals surface area contributed by atoms with Crippen molar-refractivity contribution in [3.8, 4) is 0 Å². The van der Waals surface area contributed by atoms with Gasteiger partial charge in [0.15, 0.2) is 37.7 Å². The van der Waals surface area contributed by atoms with Crippen LogP contribution in [-0.2, 0) is 90.2 Å². The summed E-state index contributed by atoms with van der Waals surface area (Å²) in [6.07, 6.45) is -69.5. The Labute approximate surface area is 596 Å². The number of aliphatic hydroxyl groups excluding tert-OH is 19. The highest BCUT2D eigenvalue weighted by Crippen LogP contribution is 2.41. The second kappa shape index (κ2) is 40.0. The molecule has 43 heteroatoms. The SMILES string of the molecule is CN[C@H](CSCC1O[C@@H]2O[C@@H]3C(CO)O[C@H](O[C@@H]4C(CO)O[C@H](O[C@@H]5C(CO)O[C@H](O[C@@H]6C(CSC[C@@H](CC(=O)CCOCCOCCC(C)=O)C(=O)O)O[C@H](C[C@@H]7C(CO)O[C@H](O[C@@H]8C(CO)O[C@H](O[C@H]1[C@H](O)C2O)C(O)[C@H]8O)C(O)[C@H]7O)C(O)[C@H]6O)C(O)[C@H]5O)C(O)[C@H]4O)C(O)[C@H]3O)C(=O)O. The smallest absolute Gasteiger partial charge is 0.321 e. The molecule has 596 valence electrons. The molecule has 0 spiro atoms. The summed E-state index contributed by atoms with van der Waals surface area (Å²) in [5, 5.41) is 240. The van der Waals surface area contributed by atoms with Gasteiger partial charge in [-0.2, -0.15) is 23.5 Å². The van der Waals surface area contributed by atoms with Gasteiger partial charge in [-0.3, -0.25) is 19.2 Å². The Kier molecular flexibility index (Phi) is 33.5. The van der Waals surface area contributed by atoms with Crippen LogP contribution in [0, 0.1) is 11.8 Å². The highest BCUT2D eigenvalue weighted by Gasteiger charge is 2.60. The summed E-state index contributed by atoms with van der Waals surface area (Å²) < 4.78 is 87.9. The van der Waals surface area contributed by atoms with Crippen molar-refractivity contribution < 1.29 is 197 Å². The summed E-state index contributed by atoms with van der Waals surface area (Å²) in [5.41, 5.74) is 0. The number of ketones is 2. The van der Waals surface area contributed by atoms with Crippen molar-refractivity contribution in [2.75, 3.05) is 89.5 Å². The first-order valence-corrected chi connectivity index (χ1v) is 35.9. The number of thioether (sulfide) groups is 2. The lowest BCUT2D eigenvalue weighted by Crippen LogP contribution is -2.68. The minimum absolute atomic E-state index is 0.0724. The predicted molar refractivity (Wildman–Crippen MR) is 335 cm³/mol. The van der Waals surface area contributed by atoms with Gasteiger partial charge in [-0.1, -0.05) is 0 Å². The number of carboxylic acids is 2. The fourth-order valence-corrected chi connectivity index (χ4v) is 15.5. The van der Waals surface area contributed by atoms with Crippen LogP contribution in [0.15, 0.2) is 0 Å². The first-order chi connectivity index (χ1) is 49.0. The number of likely N-dealkylation sites (N-methyl/N-ethyl adjacent to an activating group) is 1. The molecule has 0 amide bonds. The highest BCUT2D eigenvalue weighted by molar-refractivity contribution is 7.99. The number of aliphatic carboxylic acids is 2. The van der Waals surface area contributed by atoms with Crippen molar-refractivity contribution >= 4 is 47.0 Å². The van der Waals surface area contributed by atoms with Crippen LogP contribution < -0.4 is 5.32 Å². The van der Waals surface area contributed by atoms with Crippen LogP contribution in [0.5, 0.6) is 0 Å². The average molecular weight is 1540 g/mol. The zero-order valence-corrected chi connectivity index (χ0v) is 57.5. The van der Waals surface area contributed by atoms with Gasteiger partial charge in [0.05, 0.1) is 95.9 Å². The normalized spacial score (nSPS) is 44.9. The molecule has 0 aromatic carbocycles. The van der Waals surface area contributed by atoms with E-state index in [9.17, 15) is 126 Å². The van der Waals surface area contributed by atoms with Gasteiger partial charge in [0, 0.05) is 48.2 Å². The van der Waals surface area contributed by atoms with E-state index in [4.69, 9.17) is 71.1 Å². The van der Waals surface area contributed by atoms with E-state index in [2.05, 4.69) is 5.32 Å². The van der Waals surface area contributed by atoms with Crippen molar-refractivity contribution in [1.82, 2.24) is 5.32 Å². The Morgan fingerprint density at radius 3 is 1.06 bits per heavy atom. The number of Topliss-reactive ketones (excluding diaryl/α,β-unsaturated/α-hetero) is 2. The molecule has 14 bridgehead atoms. The van der Waals surface area contributed by atoms with Crippen LogP contribution in [-0.4, -0.2) is 435 Å². The minimum atomic E-state index is -2.28. The Hall–Kier alpha value is -2.42. The molecule has 0 aliphatic carbocycles. The van der Waals surface area contributed by atoms with E-state index in [0.717, 1.165) is 23.5 Å². The third-order valence-electron chi connectivity index (χ3n) is 19.1. The molecule has 21 rings (SSSR count). The fourth-order valence-electron chi connectivity index (χ4n) is 13.2. The largest absolute Gasteiger partial charge is 0.481 e. The molecule has 21 aliphatic rings. The molecule has 21 saturated heterocycles. The molecule has 0 aromatic rings. The molecule has 0 saturated carbocycles. The topological polar surface area (TPSA) is 644 Å². The van der Waals surface area contributed by atoms with E-state index >= 15 is 0 Å². The van der Waals surface area contributed by atoms with E-state index in [1.165, 1.54) is 14.0 Å². The van der Waals surface area contributed by atoms with Crippen molar-refractivity contribution in [3.05, 3.63) is 0 Å². The van der Waals surface area contributed by atoms with Gasteiger partial charge in [-0.25, -0.2) is 0 Å². The predicted octanol–water partition coefficient (Wildman–Crippen LogP) is -12.4. The number of aliphatic hydroxyl groups is 19. The molecule has 22 N–H and O–H groups in total. The van der Waals surface area contributed by atoms with Crippen molar-refractivity contribution in [2.24, 2.45) is 11.8 Å². The van der Waals surface area contributed by atoms with Crippen LogP contribution in [0.4, 0.5) is 0 Å². The van der Waals surface area contributed by atoms with Crippen molar-refractivity contribution in [2.45, 2.75) is 247 Å². The first-order valence-electron chi connectivity index (χ1n) is 33.6. The Morgan fingerprint density at radius 1 is 0.388 bits per heavy atom. The first kappa shape index (κ1) is 86.2. The van der Waals surface area contributed by atoms with Crippen molar-refractivity contribution in [1.29, 1.82) is 0 Å². The maximum atomic E-state index is 13.0. The van der Waals surface area contributed by atoms with Crippen molar-refractivity contribution in [3.63, 3.8) is 0 Å². The zero-order valence-electron chi connectivity index (χ0n) is 55.8. The summed E-state index contributed by atoms with van der Waals surface area (Å²) in [4.78, 5) is 48.8. The van der Waals surface area contributed by atoms with E-state index in [0.29, 0.717) is 0 Å². The van der Waals surface area contributed by atoms with Crippen LogP contribution in [0.25, 0.3) is 0 Å². The third-order valence-corrected chi connectivity index (χ3v) is 21.5. The van der Waals surface area contributed by atoms with E-state index in [-0.39, 0.29) is 68.1 Å². The molecule has 21 fully saturated rings. The number of hydrogen-bond acceptors (Lipinski definition) is 41. The summed E-state index contributed by atoms with van der Waals surface area (Å²) >= 11 is 1.73. The number of carbonyl (C=O) groups excluding carboxylic acids is 2. The second-order valence-corrected chi connectivity index (χ2v) is 28.4. The summed E-state index contributed by atoms with van der Waals surface area (Å²) in [6, 6.07) is -1.18. The number of hydrogen-bond donors (Lipinski definition) is 22. The zero-order chi connectivity index (χ0) is 75.4. The van der Waals surface area contributed by atoms with E-state index < -0.39 is 290 Å². The molecule has 21 aliphatic heterocycles. The molecule has 0 aromatic heterocycles. The van der Waals surface area contributed by atoms with Gasteiger partial charge in [-0.05, 0) is 20.4 Å². The van der Waals surface area contributed by atoms with Gasteiger partial charge in [0.2, 0.25) is 0 Å². The standard InChI is InChI=1S/C60H99NO40S2/c1-20(67)3-5-87-7-8-88-6-4-22(68)9-21(53(83)84)16-102-18-31-51-35(71)34(70)25(89-31)10-23-26(11-62)90-55(41(77)33(23)69)96-47-27(12-63)94-59(45(81)38(47)74)101-52-32(19-103-17-24(61-2)54(85)86)95-60(46(82)40(52)76)99-50-30(15-66)92-57(43(79)37(50)73)97-48-28(13-64)91-56(42(78)36(48)72)98-49-29(14-65)93-58(100-51)44(80)39(49)75/h21,23-52,55-66,69-82H,3-19H2,1-2H3,(H,83,84)(H,85,86)/t21-,23-,24-,25-,26?,27?,28?,29?,30?,31?,32?,33+,34?,35-,36-,37-,38-,39-,40-,41?,42?,43?,44?,45?,46?,47-,48-,49-,50-,51-,52-,55-,56-,57-,58-,59-,60-/m1/s1. The van der Waals surface area contributed by atoms with Crippen LogP contribution >= 0.6 is 23.5 Å². The average Bonchev–Trinajstić information content (AvgIpc) is 0.785. The van der Waals surface area contributed by atoms with Gasteiger partial charge < -0.3 is 184 Å². The van der Waals surface area contributed by atoms with Gasteiger partial charge in [0.25, 0.3) is 0 Å². The lowest BCUT2D eigenvalue weighted by molar-refractivity contribution is -0.395. The monoisotopic (exact) mass is 1540 g/mol. The summed E-state index contributed by atoms with van der Waals surface area (Å²) in [7, 11) is 1.35. The van der Waals surface area contributed by atoms with E-state index in [1.807, 2.05) is 0 Å². The number of carbonyl (C=O) groups is 4. The number of ether oxygens (including phenoxy) is 15. The van der Waals surface area contributed by atoms with Gasteiger partial charge >= 0.3 is 11.9 Å². The van der Waals surface area contributed by atoms with E-state index in [1.54, 1.807) is 0 Å². The molecule has 21 heterocycles. The minimum Gasteiger partial charge on any atom is -0.481 e. The quantitative estimate of drug-likeness (QED) is 0.0340. The molecular formula is C60H99NO40S2. The van der Waals surface area contributed by atoms with Crippen LogP contribution in [0.3, 0.4) is 0 Å². The number of rotatable bonds is 27. The second-order valence-electron chi connectivity index (χ2n) is 26.2. The summed E-state index contributed by atoms with van der Waals surface area (Å²) in [5.74, 6) is -7.34. The lowest BCUT2D eigenvalue weighted by Gasteiger charge is -2.50. The molecule has 41 nitrogen and oxygen atoms in total. The Balaban J connectivity index is 1.08. The highest BCUT2D eigenvalue weighted by atomic mass is 32.2. The maximum Gasteiger partial charge on any atom is 0.321 e. The number of nitrogens with one attached hydrogen (secondary N) is 1. The third kappa shape index (κ3) is 21.0. The Bertz CT molecular complexity index is 2610. The number of carboxylic acid groups (broad SMARTS) is 2. The van der Waals surface area contributed by atoms with Gasteiger partial charge in [0.1, 0.15) is 158 Å². The van der Waals surface area contributed by atoms with Gasteiger partial charge in [-0.15, -0.1) is 0 Å². The Morgan fingerprint density at radius 2 is 0.709 bits per heavy atom. The maximum absolute atomic E-state index is 13.0.